The number of hydrogen-bond acceptors (Lipinski definition) is 7. The molecule has 0 bridgehead atoms. The fourth-order valence-corrected chi connectivity index (χ4v) is 8.09. The monoisotopic (exact) mass is 774 g/mol. The fourth-order valence-electron chi connectivity index (χ4n) is 5.59. The van der Waals surface area contributed by atoms with E-state index in [9.17, 15) is 9.59 Å². The van der Waals surface area contributed by atoms with E-state index in [0.29, 0.717) is 44.3 Å². The number of nitrogens with zero attached hydrogens (tertiary/aromatic N) is 2. The second-order valence-electron chi connectivity index (χ2n) is 11.3. The number of para-hydroxylation sites is 1. The molecule has 240 valence electrons. The van der Waals surface area contributed by atoms with Gasteiger partial charge >= 0.3 is 5.97 Å². The van der Waals surface area contributed by atoms with E-state index in [1.54, 1.807) is 18.4 Å². The van der Waals surface area contributed by atoms with Crippen LogP contribution in [0.4, 0.5) is 0 Å². The number of esters is 1. The fraction of sp³-hybridized carbons (Fsp3) is 0.216. The number of benzene rings is 4. The van der Waals surface area contributed by atoms with Crippen molar-refractivity contribution in [3.05, 3.63) is 135 Å². The number of fused-ring (bicyclic) bond motifs is 2. The standard InChI is InChI=1S/C37H32Br2N2O5S/c1-5-44-36(43)32-22(4)40-37-41(33(32)27-12-8-9-13-30(27)46-21(2)3)35(42)31(47-37)19-24-17-28(38)34(29(39)18-24)45-20-23-14-15-25-10-6-7-11-26(25)16-23/h6-19,21,33H,5,20H2,1-4H3/b31-19+/t33-/m0/s1. The Bertz CT molecular complexity index is 2200. The third-order valence-electron chi connectivity index (χ3n) is 7.61. The zero-order valence-corrected chi connectivity index (χ0v) is 30.2. The summed E-state index contributed by atoms with van der Waals surface area (Å²) in [7, 11) is 0. The highest BCUT2D eigenvalue weighted by atomic mass is 79.9. The van der Waals surface area contributed by atoms with Crippen LogP contribution in [0.2, 0.25) is 0 Å². The summed E-state index contributed by atoms with van der Waals surface area (Å²) in [6, 6.07) is 25.0. The molecule has 47 heavy (non-hydrogen) atoms. The van der Waals surface area contributed by atoms with E-state index in [1.165, 1.54) is 16.7 Å². The molecule has 5 aromatic rings. The summed E-state index contributed by atoms with van der Waals surface area (Å²) in [6.45, 7) is 7.99. The zero-order chi connectivity index (χ0) is 33.2. The number of thiazole rings is 1. The molecule has 1 aliphatic heterocycles. The van der Waals surface area contributed by atoms with E-state index in [1.807, 2.05) is 68.5 Å². The van der Waals surface area contributed by atoms with Crippen LogP contribution in [0.5, 0.6) is 11.5 Å². The lowest BCUT2D eigenvalue weighted by Gasteiger charge is -2.26. The molecule has 0 aliphatic carbocycles. The van der Waals surface area contributed by atoms with Crippen molar-refractivity contribution in [1.82, 2.24) is 4.57 Å². The number of ether oxygens (including phenoxy) is 3. The lowest BCUT2D eigenvalue weighted by molar-refractivity contribution is -0.139. The van der Waals surface area contributed by atoms with Gasteiger partial charge in [0, 0.05) is 5.56 Å². The van der Waals surface area contributed by atoms with Gasteiger partial charge in [0.15, 0.2) is 4.80 Å². The second-order valence-corrected chi connectivity index (χ2v) is 14.0. The molecule has 7 nitrogen and oxygen atoms in total. The van der Waals surface area contributed by atoms with Crippen LogP contribution in [0, 0.1) is 0 Å². The molecule has 6 rings (SSSR count). The van der Waals surface area contributed by atoms with Crippen molar-refractivity contribution in [2.45, 2.75) is 46.4 Å². The molecule has 0 unspecified atom stereocenters. The quantitative estimate of drug-likeness (QED) is 0.143. The summed E-state index contributed by atoms with van der Waals surface area (Å²) in [5.41, 5.74) is 3.07. The van der Waals surface area contributed by atoms with Gasteiger partial charge in [0.2, 0.25) is 0 Å². The van der Waals surface area contributed by atoms with E-state index >= 15 is 0 Å². The van der Waals surface area contributed by atoms with Crippen molar-refractivity contribution in [2.24, 2.45) is 4.99 Å². The zero-order valence-electron chi connectivity index (χ0n) is 26.3. The molecule has 1 aliphatic rings. The van der Waals surface area contributed by atoms with Crippen LogP contribution in [0.1, 0.15) is 50.4 Å². The van der Waals surface area contributed by atoms with Crippen LogP contribution in [0.25, 0.3) is 16.8 Å². The summed E-state index contributed by atoms with van der Waals surface area (Å²) < 4.78 is 21.3. The lowest BCUT2D eigenvalue weighted by Crippen LogP contribution is -2.40. The van der Waals surface area contributed by atoms with Gasteiger partial charge in [-0.1, -0.05) is 65.9 Å². The average Bonchev–Trinajstić information content (AvgIpc) is 3.33. The first-order chi connectivity index (χ1) is 22.6. The van der Waals surface area contributed by atoms with E-state index in [4.69, 9.17) is 19.2 Å². The Morgan fingerprint density at radius 2 is 1.70 bits per heavy atom. The molecule has 4 aromatic carbocycles. The molecule has 2 heterocycles. The highest BCUT2D eigenvalue weighted by Gasteiger charge is 2.35. The first kappa shape index (κ1) is 32.9. The van der Waals surface area contributed by atoms with Crippen LogP contribution in [-0.4, -0.2) is 23.2 Å². The van der Waals surface area contributed by atoms with Crippen LogP contribution in [-0.2, 0) is 16.1 Å². The summed E-state index contributed by atoms with van der Waals surface area (Å²) in [5.74, 6) is 0.735. The highest BCUT2D eigenvalue weighted by molar-refractivity contribution is 9.11. The van der Waals surface area contributed by atoms with Gasteiger partial charge in [-0.05, 0) is 112 Å². The summed E-state index contributed by atoms with van der Waals surface area (Å²) in [4.78, 5) is 32.7. The molecule has 0 amide bonds. The van der Waals surface area contributed by atoms with Gasteiger partial charge in [-0.3, -0.25) is 9.36 Å². The molecule has 0 fully saturated rings. The smallest absolute Gasteiger partial charge is 0.338 e. The van der Waals surface area contributed by atoms with Gasteiger partial charge in [-0.2, -0.15) is 0 Å². The van der Waals surface area contributed by atoms with Gasteiger partial charge in [-0.25, -0.2) is 9.79 Å². The van der Waals surface area contributed by atoms with Crippen molar-refractivity contribution in [1.29, 1.82) is 0 Å². The number of hydrogen-bond donors (Lipinski definition) is 0. The van der Waals surface area contributed by atoms with Crippen LogP contribution in [0.15, 0.2) is 109 Å². The van der Waals surface area contributed by atoms with Gasteiger partial charge in [0.25, 0.3) is 5.56 Å². The minimum Gasteiger partial charge on any atom is -0.491 e. The van der Waals surface area contributed by atoms with Crippen molar-refractivity contribution < 1.29 is 19.0 Å². The van der Waals surface area contributed by atoms with Crippen LogP contribution < -0.4 is 24.4 Å². The second kappa shape index (κ2) is 14.0. The minimum atomic E-state index is -0.772. The highest BCUT2D eigenvalue weighted by Crippen LogP contribution is 2.37. The van der Waals surface area contributed by atoms with Crippen molar-refractivity contribution in [3.8, 4) is 11.5 Å². The molecular formula is C37H32Br2N2O5S. The third-order valence-corrected chi connectivity index (χ3v) is 9.77. The molecule has 1 atom stereocenters. The maximum atomic E-state index is 14.2. The maximum Gasteiger partial charge on any atom is 0.338 e. The minimum absolute atomic E-state index is 0.112. The van der Waals surface area contributed by atoms with Gasteiger partial charge in [0.05, 0.1) is 37.5 Å². The topological polar surface area (TPSA) is 79.1 Å². The Morgan fingerprint density at radius 3 is 2.43 bits per heavy atom. The Morgan fingerprint density at radius 1 is 1.00 bits per heavy atom. The Balaban J connectivity index is 1.38. The molecule has 0 N–H and O–H groups in total. The van der Waals surface area contributed by atoms with E-state index < -0.39 is 12.0 Å². The molecule has 0 radical (unpaired) electrons. The predicted octanol–water partition coefficient (Wildman–Crippen LogP) is 7.84. The third kappa shape index (κ3) is 6.86. The van der Waals surface area contributed by atoms with E-state index in [-0.39, 0.29) is 18.3 Å². The average molecular weight is 777 g/mol. The maximum absolute atomic E-state index is 14.2. The van der Waals surface area contributed by atoms with Crippen molar-refractivity contribution >= 4 is 66.0 Å². The van der Waals surface area contributed by atoms with E-state index in [2.05, 4.69) is 62.2 Å². The summed E-state index contributed by atoms with van der Waals surface area (Å²) >= 11 is 8.61. The molecule has 1 aromatic heterocycles. The molecular weight excluding hydrogens is 744 g/mol. The SMILES string of the molecule is CCOC(=O)C1=C(C)N=c2s/c(=C/c3cc(Br)c(OCc4ccc5ccccc5c4)c(Br)c3)c(=O)n2[C@H]1c1ccccc1OC(C)C. The Kier molecular flexibility index (Phi) is 9.82. The number of carbonyl (C=O) groups is 1. The van der Waals surface area contributed by atoms with Crippen molar-refractivity contribution in [2.75, 3.05) is 6.61 Å². The molecule has 0 saturated carbocycles. The first-order valence-electron chi connectivity index (χ1n) is 15.2. The summed E-state index contributed by atoms with van der Waals surface area (Å²) in [5, 5.41) is 2.34. The number of halogens is 2. The van der Waals surface area contributed by atoms with E-state index in [0.717, 1.165) is 25.5 Å². The largest absolute Gasteiger partial charge is 0.491 e. The van der Waals surface area contributed by atoms with Crippen LogP contribution >= 0.6 is 43.2 Å². The Hall–Kier alpha value is -3.99. The van der Waals surface area contributed by atoms with Gasteiger partial charge < -0.3 is 14.2 Å². The van der Waals surface area contributed by atoms with Gasteiger partial charge in [0.1, 0.15) is 24.1 Å². The molecule has 0 spiro atoms. The number of allylic oxidation sites excluding steroid dienone is 1. The predicted molar refractivity (Wildman–Crippen MR) is 193 cm³/mol. The lowest BCUT2D eigenvalue weighted by atomic mass is 9.95. The number of rotatable bonds is 9. The summed E-state index contributed by atoms with van der Waals surface area (Å²) in [6.07, 6.45) is 1.71. The van der Waals surface area contributed by atoms with Crippen LogP contribution in [0.3, 0.4) is 0 Å². The Labute approximate surface area is 293 Å². The van der Waals surface area contributed by atoms with Crippen molar-refractivity contribution in [3.63, 3.8) is 0 Å². The molecule has 10 heteroatoms. The first-order valence-corrected chi connectivity index (χ1v) is 17.6. The number of carbonyl (C=O) groups excluding carboxylic acids is 1. The normalized spacial score (nSPS) is 14.7. The number of aromatic nitrogens is 1. The van der Waals surface area contributed by atoms with Gasteiger partial charge in [-0.15, -0.1) is 0 Å². The molecule has 0 saturated heterocycles.